The summed E-state index contributed by atoms with van der Waals surface area (Å²) in [5.74, 6) is -4.45. The van der Waals surface area contributed by atoms with Gasteiger partial charge in [0.25, 0.3) is 30.3 Å². The molecule has 5 aromatic carbocycles. The van der Waals surface area contributed by atoms with Crippen molar-refractivity contribution in [1.82, 2.24) is 0 Å². The van der Waals surface area contributed by atoms with Gasteiger partial charge in [-0.15, -0.1) is 10.2 Å². The number of hydrogen-bond acceptors (Lipinski definition) is 14. The summed E-state index contributed by atoms with van der Waals surface area (Å²) in [6.45, 7) is 0. The molecule has 54 heavy (non-hydrogen) atoms. The van der Waals surface area contributed by atoms with Crippen LogP contribution in [-0.2, 0) is 30.3 Å². The number of nitrogens with two attached hydrogens (primary N) is 1. The van der Waals surface area contributed by atoms with Crippen LogP contribution in [0.15, 0.2) is 115 Å². The normalized spacial score (nSPS) is 12.0. The quantitative estimate of drug-likeness (QED) is 0.0219. The number of aromatic carboxylic acids is 1. The van der Waals surface area contributed by atoms with Crippen molar-refractivity contribution in [2.45, 2.75) is 14.7 Å². The van der Waals surface area contributed by atoms with E-state index in [0.717, 1.165) is 42.5 Å². The van der Waals surface area contributed by atoms with Crippen LogP contribution in [0.5, 0.6) is 11.5 Å². The summed E-state index contributed by atoms with van der Waals surface area (Å²) in [5, 5.41) is 54.0. The van der Waals surface area contributed by atoms with Crippen LogP contribution in [0.1, 0.15) is 15.9 Å². The molecule has 0 radical (unpaired) electrons. The van der Waals surface area contributed by atoms with Crippen LogP contribution in [0, 0.1) is 0 Å². The third-order valence-corrected chi connectivity index (χ3v) is 10.0. The molecule has 0 spiro atoms. The summed E-state index contributed by atoms with van der Waals surface area (Å²) in [6.07, 6.45) is 0. The van der Waals surface area contributed by atoms with Gasteiger partial charge in [0, 0.05) is 11.1 Å². The first-order chi connectivity index (χ1) is 23.7. The Morgan fingerprint density at radius 3 is 2.06 bits per heavy atom. The van der Waals surface area contributed by atoms with E-state index in [-0.39, 0.29) is 128 Å². The van der Waals surface area contributed by atoms with Gasteiger partial charge in [0.1, 0.15) is 16.3 Å². The van der Waals surface area contributed by atoms with Crippen molar-refractivity contribution < 1.29 is 148 Å². The number of carbonyl (C=O) groups is 1. The zero-order valence-corrected chi connectivity index (χ0v) is 36.6. The van der Waals surface area contributed by atoms with Crippen molar-refractivity contribution in [2.24, 2.45) is 15.2 Å². The number of carboxylic acids is 1. The molecule has 0 aliphatic carbocycles. The molecule has 0 fully saturated rings. The van der Waals surface area contributed by atoms with Gasteiger partial charge in [-0.2, -0.15) is 16.8 Å². The summed E-state index contributed by atoms with van der Waals surface area (Å²) < 4.78 is 94.7. The van der Waals surface area contributed by atoms with E-state index in [2.05, 4.69) is 19.9 Å². The molecule has 18 nitrogen and oxygen atoms in total. The molecule has 5 aromatic rings. The molecule has 0 aliphatic rings. The molecule has 0 amide bonds. The van der Waals surface area contributed by atoms with Crippen LogP contribution in [-0.4, -0.2) is 51.3 Å². The zero-order valence-electron chi connectivity index (χ0n) is 28.2. The fraction of sp³-hybridized carbons (Fsp3) is 0. The van der Waals surface area contributed by atoms with E-state index in [9.17, 15) is 54.5 Å². The fourth-order valence-electron chi connectivity index (χ4n) is 4.58. The van der Waals surface area contributed by atoms with Crippen molar-refractivity contribution in [3.8, 4) is 11.5 Å². The zero-order chi connectivity index (χ0) is 37.5. The number of aliphatic imine (C=N–C) groups is 1. The molecule has 0 saturated heterocycles. The first kappa shape index (κ1) is 47.0. The molecule has 24 heteroatoms. The molecule has 0 unspecified atom stereocenters. The van der Waals surface area contributed by atoms with Gasteiger partial charge < -0.3 is 26.2 Å². The molecule has 0 saturated carbocycles. The van der Waals surface area contributed by atoms with Gasteiger partial charge in [-0.1, -0.05) is 35.8 Å². The maximum atomic E-state index is 13.0. The van der Waals surface area contributed by atoms with Gasteiger partial charge in [-0.25, -0.2) is 13.2 Å². The molecular formula is C30H20N5Na3O13S3. The predicted molar refractivity (Wildman–Crippen MR) is 174 cm³/mol. The van der Waals surface area contributed by atoms with Crippen molar-refractivity contribution in [3.63, 3.8) is 0 Å². The van der Waals surface area contributed by atoms with Crippen molar-refractivity contribution >= 4 is 81.3 Å². The van der Waals surface area contributed by atoms with Gasteiger partial charge in [-0.05, 0) is 77.5 Å². The minimum absolute atomic E-state index is 0. The molecule has 0 atom stereocenters. The number of anilines is 2. The number of fused-ring (bicyclic) bond motifs is 1. The number of nitrogens with zero attached hydrogens (tertiary/aromatic N) is 3. The van der Waals surface area contributed by atoms with E-state index < -0.39 is 79.6 Å². The van der Waals surface area contributed by atoms with Gasteiger partial charge in [-0.3, -0.25) is 18.8 Å². The second-order valence-corrected chi connectivity index (χ2v) is 14.9. The third kappa shape index (κ3) is 10.8. The van der Waals surface area contributed by atoms with Gasteiger partial charge in [0.05, 0.1) is 26.7 Å². The van der Waals surface area contributed by atoms with E-state index in [4.69, 9.17) is 10.8 Å². The topological polar surface area (TPSA) is 324 Å². The average molecular weight is 824 g/mol. The Kier molecular flexibility index (Phi) is 15.9. The molecule has 264 valence electrons. The molecular weight excluding hydrogens is 804 g/mol. The maximum absolute atomic E-state index is 13.0. The average Bonchev–Trinajstić information content (AvgIpc) is 3.03. The maximum Gasteiger partial charge on any atom is 1.00 e. The first-order valence-corrected chi connectivity index (χ1v) is 18.1. The van der Waals surface area contributed by atoms with E-state index in [1.807, 2.05) is 0 Å². The number of rotatable bonds is 10. The second-order valence-electron chi connectivity index (χ2n) is 10.4. The Balaban J connectivity index is 0.00000336. The Labute approximate surface area is 373 Å². The number of carboxylic acid groups (broad SMARTS) is 1. The third-order valence-electron chi connectivity index (χ3n) is 6.92. The van der Waals surface area contributed by atoms with Crippen LogP contribution in [0.25, 0.3) is 10.8 Å². The smallest absolute Gasteiger partial charge is 0.872 e. The summed E-state index contributed by atoms with van der Waals surface area (Å²) in [7, 11) is -14.2. The first-order valence-electron chi connectivity index (χ1n) is 13.7. The van der Waals surface area contributed by atoms with E-state index >= 15 is 0 Å². The van der Waals surface area contributed by atoms with Crippen molar-refractivity contribution in [3.05, 3.63) is 96.1 Å². The number of azo groups is 1. The van der Waals surface area contributed by atoms with Crippen LogP contribution in [0.2, 0.25) is 0 Å². The molecule has 0 aliphatic heterocycles. The molecule has 6 N–H and O–H groups in total. The molecule has 0 bridgehead atoms. The molecule has 0 heterocycles. The fourth-order valence-corrected chi connectivity index (χ4v) is 6.83. The number of nitrogen functional groups attached to an aromatic ring is 1. The summed E-state index contributed by atoms with van der Waals surface area (Å²) in [4.78, 5) is 13.0. The van der Waals surface area contributed by atoms with Crippen LogP contribution >= 0.6 is 0 Å². The monoisotopic (exact) mass is 823 g/mol. The van der Waals surface area contributed by atoms with Crippen molar-refractivity contribution in [2.75, 3.05) is 10.5 Å². The predicted octanol–water partition coefficient (Wildman–Crippen LogP) is -6.57. The summed E-state index contributed by atoms with van der Waals surface area (Å²) >= 11 is 0. The number of nitrogens with one attached hydrogen (secondary N) is 1. The number of benzene rings is 5. The van der Waals surface area contributed by atoms with Gasteiger partial charge in [0.2, 0.25) is 0 Å². The van der Waals surface area contributed by atoms with Gasteiger partial charge >= 0.3 is 94.6 Å². The number of hydrogen-bond donors (Lipinski definition) is 5. The standard InChI is InChI=1S/C30H23N5O13S3.3Na/c31-22-7-4-15-11-20(50(43,44)45)14-25(37)27(15)28(22)34-33-23-8-5-17(12-26(23)51(46,47)48)32-29(38)16-2-1-3-18(10-16)35-49(41,42)19-6-9-24(36)21(13-19)30(39)40;;;/h1-14,35-37H,31H2,(H,32,38)(H,39,40)(H,43,44,45)(H,46,47,48);;;/q;3*+1/p-3. The molecule has 5 rings (SSSR count). The molecule has 0 aromatic heterocycles. The Hall–Kier alpha value is -3.13. The van der Waals surface area contributed by atoms with Gasteiger partial charge in [0.15, 0.2) is 0 Å². The SMILES string of the molecule is Nc1ccc2cc(S(=O)(=O)O)cc([O-])c2c1N=Nc1ccc(N=C([O-])c2cccc(NS(=O)(=O)c3ccc([O-])c(C(=O)O)c3)c2)cc1S(=O)(=O)O.[Na+].[Na+].[Na+]. The van der Waals surface area contributed by atoms with Crippen LogP contribution in [0.4, 0.5) is 28.4 Å². The Bertz CT molecular complexity index is 2680. The van der Waals surface area contributed by atoms with E-state index in [0.29, 0.717) is 12.1 Å². The van der Waals surface area contributed by atoms with E-state index in [1.54, 1.807) is 0 Å². The van der Waals surface area contributed by atoms with Crippen LogP contribution < -0.4 is 114 Å². The van der Waals surface area contributed by atoms with Crippen molar-refractivity contribution in [1.29, 1.82) is 0 Å². The van der Waals surface area contributed by atoms with Crippen LogP contribution in [0.3, 0.4) is 0 Å². The second kappa shape index (κ2) is 18.2. The minimum Gasteiger partial charge on any atom is -0.872 e. The Morgan fingerprint density at radius 2 is 1.43 bits per heavy atom. The van der Waals surface area contributed by atoms with E-state index in [1.165, 1.54) is 30.3 Å². The number of sulfonamides is 1. The largest absolute Gasteiger partial charge is 1.00 e. The summed E-state index contributed by atoms with van der Waals surface area (Å²) in [5.41, 5.74) is 3.62. The summed E-state index contributed by atoms with van der Waals surface area (Å²) in [6, 6.07) is 14.3. The minimum atomic E-state index is -5.05. The Morgan fingerprint density at radius 1 is 0.741 bits per heavy atom.